The molecule has 0 radical (unpaired) electrons. The Morgan fingerprint density at radius 3 is 2.60 bits per heavy atom. The Bertz CT molecular complexity index is 557. The first-order chi connectivity index (χ1) is 9.65. The van der Waals surface area contributed by atoms with E-state index in [1.165, 1.54) is 16.8 Å². The number of hydrogen-bond acceptors (Lipinski definition) is 2. The number of rotatable bonds is 6. The van der Waals surface area contributed by atoms with E-state index in [2.05, 4.69) is 73.1 Å². The zero-order valence-corrected chi connectivity index (χ0v) is 13.0. The van der Waals surface area contributed by atoms with Crippen molar-refractivity contribution in [3.63, 3.8) is 0 Å². The number of nitrogens with one attached hydrogen (secondary N) is 1. The highest BCUT2D eigenvalue weighted by Crippen LogP contribution is 2.21. The molecule has 2 rings (SSSR count). The maximum atomic E-state index is 4.57. The van der Waals surface area contributed by atoms with Crippen molar-refractivity contribution in [2.24, 2.45) is 0 Å². The monoisotopic (exact) mass is 271 g/mol. The molecule has 0 bridgehead atoms. The zero-order valence-electron chi connectivity index (χ0n) is 13.0. The minimum atomic E-state index is 0.322. The molecule has 1 N–H and O–H groups in total. The molecule has 1 atom stereocenters. The number of aryl methyl sites for hydroxylation is 3. The molecule has 3 nitrogen and oxygen atoms in total. The van der Waals surface area contributed by atoms with Gasteiger partial charge in [0.15, 0.2) is 0 Å². The fourth-order valence-electron chi connectivity index (χ4n) is 2.69. The van der Waals surface area contributed by atoms with E-state index in [9.17, 15) is 0 Å². The van der Waals surface area contributed by atoms with Gasteiger partial charge in [0, 0.05) is 6.54 Å². The topological polar surface area (TPSA) is 29.9 Å². The van der Waals surface area contributed by atoms with Crippen molar-refractivity contribution in [2.75, 3.05) is 6.54 Å². The molecule has 108 valence electrons. The van der Waals surface area contributed by atoms with Gasteiger partial charge < -0.3 is 5.32 Å². The first-order valence-corrected chi connectivity index (χ1v) is 7.48. The molecule has 0 aliphatic carbocycles. The van der Waals surface area contributed by atoms with Crippen LogP contribution in [0.2, 0.25) is 0 Å². The van der Waals surface area contributed by atoms with Crippen LogP contribution in [0.4, 0.5) is 0 Å². The summed E-state index contributed by atoms with van der Waals surface area (Å²) in [6.45, 7) is 10.4. The van der Waals surface area contributed by atoms with Crippen LogP contribution in [0.25, 0.3) is 0 Å². The van der Waals surface area contributed by atoms with Gasteiger partial charge >= 0.3 is 0 Å². The third-order valence-electron chi connectivity index (χ3n) is 3.73. The van der Waals surface area contributed by atoms with Crippen molar-refractivity contribution < 1.29 is 0 Å². The van der Waals surface area contributed by atoms with Crippen molar-refractivity contribution in [1.82, 2.24) is 15.1 Å². The summed E-state index contributed by atoms with van der Waals surface area (Å²) in [7, 11) is 0. The molecule has 1 aromatic carbocycles. The highest BCUT2D eigenvalue weighted by atomic mass is 15.3. The standard InChI is InChI=1S/C17H25N3/c1-5-18-16(12-15-10-8-7-9-13(15)3)17-11-14(4)19-20(17)6-2/h7-11,16,18H,5-6,12H2,1-4H3. The predicted octanol–water partition coefficient (Wildman–Crippen LogP) is 3.41. The van der Waals surface area contributed by atoms with E-state index in [1.807, 2.05) is 0 Å². The summed E-state index contributed by atoms with van der Waals surface area (Å²) in [5, 5.41) is 8.17. The minimum absolute atomic E-state index is 0.322. The molecule has 0 aliphatic heterocycles. The van der Waals surface area contributed by atoms with Crippen LogP contribution in [0.1, 0.15) is 42.4 Å². The van der Waals surface area contributed by atoms with Gasteiger partial charge in [-0.3, -0.25) is 4.68 Å². The van der Waals surface area contributed by atoms with E-state index in [-0.39, 0.29) is 0 Å². The summed E-state index contributed by atoms with van der Waals surface area (Å²) in [5.41, 5.74) is 5.14. The summed E-state index contributed by atoms with van der Waals surface area (Å²) in [6, 6.07) is 11.1. The average molecular weight is 271 g/mol. The van der Waals surface area contributed by atoms with Crippen LogP contribution < -0.4 is 5.32 Å². The lowest BCUT2D eigenvalue weighted by molar-refractivity contribution is 0.489. The molecule has 20 heavy (non-hydrogen) atoms. The second kappa shape index (κ2) is 6.71. The summed E-state index contributed by atoms with van der Waals surface area (Å²) >= 11 is 0. The smallest absolute Gasteiger partial charge is 0.0597 e. The lowest BCUT2D eigenvalue weighted by Crippen LogP contribution is -2.26. The Kier molecular flexibility index (Phi) is 4.96. The van der Waals surface area contributed by atoms with Crippen molar-refractivity contribution in [3.05, 3.63) is 52.8 Å². The van der Waals surface area contributed by atoms with Crippen molar-refractivity contribution in [1.29, 1.82) is 0 Å². The number of likely N-dealkylation sites (N-methyl/N-ethyl adjacent to an activating group) is 1. The van der Waals surface area contributed by atoms with E-state index < -0.39 is 0 Å². The van der Waals surface area contributed by atoms with Crippen LogP contribution in [0, 0.1) is 13.8 Å². The largest absolute Gasteiger partial charge is 0.309 e. The second-order valence-corrected chi connectivity index (χ2v) is 5.27. The average Bonchev–Trinajstić information content (AvgIpc) is 2.82. The fourth-order valence-corrected chi connectivity index (χ4v) is 2.69. The second-order valence-electron chi connectivity index (χ2n) is 5.27. The van der Waals surface area contributed by atoms with E-state index in [0.717, 1.165) is 25.2 Å². The molecule has 1 heterocycles. The predicted molar refractivity (Wildman–Crippen MR) is 83.9 cm³/mol. The van der Waals surface area contributed by atoms with Crippen LogP contribution in [-0.4, -0.2) is 16.3 Å². The number of benzene rings is 1. The normalized spacial score (nSPS) is 12.6. The number of nitrogens with zero attached hydrogens (tertiary/aromatic N) is 2. The molecule has 3 heteroatoms. The lowest BCUT2D eigenvalue weighted by Gasteiger charge is -2.20. The first kappa shape index (κ1) is 14.8. The third-order valence-corrected chi connectivity index (χ3v) is 3.73. The molecular formula is C17H25N3. The van der Waals surface area contributed by atoms with Gasteiger partial charge in [0.1, 0.15) is 0 Å². The van der Waals surface area contributed by atoms with Crippen LogP contribution in [0.15, 0.2) is 30.3 Å². The van der Waals surface area contributed by atoms with Crippen LogP contribution in [0.3, 0.4) is 0 Å². The molecule has 0 aliphatic rings. The van der Waals surface area contributed by atoms with Crippen molar-refractivity contribution >= 4 is 0 Å². The molecule has 0 saturated carbocycles. The summed E-state index contributed by atoms with van der Waals surface area (Å²) < 4.78 is 2.11. The van der Waals surface area contributed by atoms with Crippen molar-refractivity contribution in [3.8, 4) is 0 Å². The van der Waals surface area contributed by atoms with Gasteiger partial charge in [0.25, 0.3) is 0 Å². The van der Waals surface area contributed by atoms with Gasteiger partial charge in [-0.25, -0.2) is 0 Å². The maximum absolute atomic E-state index is 4.57. The quantitative estimate of drug-likeness (QED) is 0.872. The van der Waals surface area contributed by atoms with Crippen LogP contribution >= 0.6 is 0 Å². The highest BCUT2D eigenvalue weighted by molar-refractivity contribution is 5.28. The lowest BCUT2D eigenvalue weighted by atomic mass is 9.99. The Hall–Kier alpha value is -1.61. The fraction of sp³-hybridized carbons (Fsp3) is 0.471. The number of aromatic nitrogens is 2. The van der Waals surface area contributed by atoms with Gasteiger partial charge in [-0.15, -0.1) is 0 Å². The molecule has 0 saturated heterocycles. The minimum Gasteiger partial charge on any atom is -0.309 e. The summed E-state index contributed by atoms with van der Waals surface area (Å²) in [4.78, 5) is 0. The Balaban J connectivity index is 2.29. The van der Waals surface area contributed by atoms with E-state index in [1.54, 1.807) is 0 Å². The van der Waals surface area contributed by atoms with Gasteiger partial charge in [0.2, 0.25) is 0 Å². The van der Waals surface area contributed by atoms with Crippen molar-refractivity contribution in [2.45, 2.75) is 46.7 Å². The SMILES string of the molecule is CCNC(Cc1ccccc1C)c1cc(C)nn1CC. The molecule has 1 unspecified atom stereocenters. The number of hydrogen-bond donors (Lipinski definition) is 1. The first-order valence-electron chi connectivity index (χ1n) is 7.48. The highest BCUT2D eigenvalue weighted by Gasteiger charge is 2.17. The third kappa shape index (κ3) is 3.28. The molecular weight excluding hydrogens is 246 g/mol. The van der Waals surface area contributed by atoms with Crippen LogP contribution in [0.5, 0.6) is 0 Å². The van der Waals surface area contributed by atoms with Gasteiger partial charge in [-0.2, -0.15) is 5.10 Å². The Labute approximate surface area is 122 Å². The molecule has 1 aromatic heterocycles. The summed E-state index contributed by atoms with van der Waals surface area (Å²) in [6.07, 6.45) is 1.01. The van der Waals surface area contributed by atoms with E-state index in [4.69, 9.17) is 0 Å². The molecule has 2 aromatic rings. The van der Waals surface area contributed by atoms with Gasteiger partial charge in [-0.1, -0.05) is 31.2 Å². The molecule has 0 spiro atoms. The zero-order chi connectivity index (χ0) is 14.5. The van der Waals surface area contributed by atoms with Gasteiger partial charge in [0.05, 0.1) is 17.4 Å². The van der Waals surface area contributed by atoms with Gasteiger partial charge in [-0.05, 0) is 50.9 Å². The molecule has 0 amide bonds. The van der Waals surface area contributed by atoms with E-state index in [0.29, 0.717) is 6.04 Å². The summed E-state index contributed by atoms with van der Waals surface area (Å²) in [5.74, 6) is 0. The maximum Gasteiger partial charge on any atom is 0.0597 e. The molecule has 0 fully saturated rings. The Morgan fingerprint density at radius 2 is 1.95 bits per heavy atom. The Morgan fingerprint density at radius 1 is 1.20 bits per heavy atom. The van der Waals surface area contributed by atoms with Crippen LogP contribution in [-0.2, 0) is 13.0 Å². The van der Waals surface area contributed by atoms with E-state index >= 15 is 0 Å².